The van der Waals surface area contributed by atoms with Gasteiger partial charge in [-0.2, -0.15) is 0 Å². The van der Waals surface area contributed by atoms with E-state index in [2.05, 4.69) is 15.7 Å². The van der Waals surface area contributed by atoms with Gasteiger partial charge in [-0.25, -0.2) is 0 Å². The first-order valence-corrected chi connectivity index (χ1v) is 6.28. The van der Waals surface area contributed by atoms with Gasteiger partial charge in [0.1, 0.15) is 0 Å². The Kier molecular flexibility index (Phi) is 3.97. The van der Waals surface area contributed by atoms with E-state index in [0.29, 0.717) is 17.1 Å². The average molecular weight is 275 g/mol. The average Bonchev–Trinajstić information content (AvgIpc) is 2.50. The minimum absolute atomic E-state index is 0.121. The molecule has 1 N–H and O–H groups in total. The van der Waals surface area contributed by atoms with Crippen LogP contribution in [0.15, 0.2) is 28.5 Å². The van der Waals surface area contributed by atoms with Gasteiger partial charge in [-0.3, -0.25) is 14.6 Å². The number of nitrogens with zero attached hydrogens (tertiary/aromatic N) is 4. The molecule has 1 atom stereocenters. The molecule has 0 spiro atoms. The van der Waals surface area contributed by atoms with E-state index < -0.39 is 0 Å². The molecule has 20 heavy (non-hydrogen) atoms. The molecule has 1 aromatic rings. The van der Waals surface area contributed by atoms with Crippen LogP contribution in [0, 0.1) is 0 Å². The number of carbonyl (C=O) groups excluding carboxylic acids is 2. The second-order valence-corrected chi connectivity index (χ2v) is 4.85. The third-order valence-corrected chi connectivity index (χ3v) is 2.94. The van der Waals surface area contributed by atoms with Gasteiger partial charge in [0.05, 0.1) is 17.1 Å². The largest absolute Gasteiger partial charge is 0.324 e. The number of benzene rings is 1. The van der Waals surface area contributed by atoms with E-state index >= 15 is 0 Å². The lowest BCUT2D eigenvalue weighted by Gasteiger charge is -2.22. The zero-order valence-corrected chi connectivity index (χ0v) is 11.7. The lowest BCUT2D eigenvalue weighted by Crippen LogP contribution is -2.32. The monoisotopic (exact) mass is 275 g/mol. The fourth-order valence-electron chi connectivity index (χ4n) is 2.02. The summed E-state index contributed by atoms with van der Waals surface area (Å²) in [6.07, 6.45) is 1.01. The predicted molar refractivity (Wildman–Crippen MR) is 75.9 cm³/mol. The number of nitrogens with one attached hydrogen (secondary N) is 1. The standard InChI is InChI=1S/C13H17N5O2/c1-9-6-13(20)14-11-7-10(15-16-17(2)3)4-5-12(11)18(9)8-19/h4-5,7-9H,6H2,1-3H3,(H,14,20). The minimum Gasteiger partial charge on any atom is -0.324 e. The summed E-state index contributed by atoms with van der Waals surface area (Å²) in [4.78, 5) is 24.6. The molecule has 7 heteroatoms. The van der Waals surface area contributed by atoms with Crippen molar-refractivity contribution in [3.63, 3.8) is 0 Å². The molecule has 1 heterocycles. The highest BCUT2D eigenvalue weighted by atomic mass is 16.2. The molecular weight excluding hydrogens is 258 g/mol. The van der Waals surface area contributed by atoms with Gasteiger partial charge in [0, 0.05) is 26.6 Å². The summed E-state index contributed by atoms with van der Waals surface area (Å²) in [5, 5.41) is 12.3. The highest BCUT2D eigenvalue weighted by Gasteiger charge is 2.24. The quantitative estimate of drug-likeness (QED) is 0.520. The first-order valence-electron chi connectivity index (χ1n) is 6.28. The third kappa shape index (κ3) is 2.93. The van der Waals surface area contributed by atoms with Gasteiger partial charge in [0.15, 0.2) is 0 Å². The molecular formula is C13H17N5O2. The van der Waals surface area contributed by atoms with Crippen molar-refractivity contribution in [2.75, 3.05) is 24.3 Å². The maximum Gasteiger partial charge on any atom is 0.226 e. The normalized spacial score (nSPS) is 18.4. The van der Waals surface area contributed by atoms with Crippen molar-refractivity contribution in [2.24, 2.45) is 10.3 Å². The molecule has 1 aliphatic heterocycles. The summed E-state index contributed by atoms with van der Waals surface area (Å²) in [7, 11) is 3.54. The molecule has 0 aromatic heterocycles. The van der Waals surface area contributed by atoms with Gasteiger partial charge >= 0.3 is 0 Å². The molecule has 0 fully saturated rings. The maximum absolute atomic E-state index is 11.8. The molecule has 1 unspecified atom stereocenters. The van der Waals surface area contributed by atoms with Gasteiger partial charge in [0.25, 0.3) is 0 Å². The van der Waals surface area contributed by atoms with Crippen molar-refractivity contribution in [3.8, 4) is 0 Å². The number of hydrogen-bond acceptors (Lipinski definition) is 4. The maximum atomic E-state index is 11.8. The van der Waals surface area contributed by atoms with Gasteiger partial charge in [-0.15, -0.1) is 5.11 Å². The van der Waals surface area contributed by atoms with E-state index in [1.54, 1.807) is 42.2 Å². The molecule has 1 aliphatic rings. The van der Waals surface area contributed by atoms with Crippen molar-refractivity contribution < 1.29 is 9.59 Å². The Morgan fingerprint density at radius 2 is 2.20 bits per heavy atom. The molecule has 106 valence electrons. The molecule has 2 amide bonds. The van der Waals surface area contributed by atoms with Crippen molar-refractivity contribution in [1.82, 2.24) is 5.01 Å². The molecule has 0 aliphatic carbocycles. The van der Waals surface area contributed by atoms with E-state index in [-0.39, 0.29) is 18.4 Å². The van der Waals surface area contributed by atoms with Crippen molar-refractivity contribution in [3.05, 3.63) is 18.2 Å². The van der Waals surface area contributed by atoms with Crippen LogP contribution in [-0.2, 0) is 9.59 Å². The van der Waals surface area contributed by atoms with Crippen LogP contribution >= 0.6 is 0 Å². The van der Waals surface area contributed by atoms with Crippen molar-refractivity contribution in [1.29, 1.82) is 0 Å². The molecule has 0 radical (unpaired) electrons. The number of amides is 2. The molecule has 2 rings (SSSR count). The number of hydrogen-bond donors (Lipinski definition) is 1. The Labute approximate surface area is 117 Å². The summed E-state index contributed by atoms with van der Waals surface area (Å²) in [5.41, 5.74) is 1.85. The summed E-state index contributed by atoms with van der Waals surface area (Å²) in [6, 6.07) is 5.04. The predicted octanol–water partition coefficient (Wildman–Crippen LogP) is 1.94. The molecule has 0 saturated carbocycles. The van der Waals surface area contributed by atoms with Crippen LogP contribution in [0.3, 0.4) is 0 Å². The van der Waals surface area contributed by atoms with E-state index in [1.165, 1.54) is 0 Å². The van der Waals surface area contributed by atoms with Gasteiger partial charge in [-0.05, 0) is 25.1 Å². The van der Waals surface area contributed by atoms with Gasteiger partial charge < -0.3 is 10.2 Å². The number of anilines is 2. The van der Waals surface area contributed by atoms with Crippen LogP contribution in [0.25, 0.3) is 0 Å². The first kappa shape index (κ1) is 14.0. The number of carbonyl (C=O) groups is 2. The highest BCUT2D eigenvalue weighted by molar-refractivity contribution is 6.00. The fraction of sp³-hybridized carbons (Fsp3) is 0.385. The molecule has 1 aromatic carbocycles. The Balaban J connectivity index is 2.41. The van der Waals surface area contributed by atoms with E-state index in [0.717, 1.165) is 6.41 Å². The Morgan fingerprint density at radius 1 is 1.45 bits per heavy atom. The van der Waals surface area contributed by atoms with Crippen LogP contribution in [0.2, 0.25) is 0 Å². The minimum atomic E-state index is -0.178. The first-order chi connectivity index (χ1) is 9.51. The SMILES string of the molecule is CC1CC(=O)Nc2cc(N=NN(C)C)ccc2N1C=O. The fourth-order valence-corrected chi connectivity index (χ4v) is 2.02. The van der Waals surface area contributed by atoms with Gasteiger partial charge in [-0.1, -0.05) is 5.22 Å². The second-order valence-electron chi connectivity index (χ2n) is 4.85. The van der Waals surface area contributed by atoms with E-state index in [1.807, 2.05) is 6.92 Å². The Morgan fingerprint density at radius 3 is 2.85 bits per heavy atom. The van der Waals surface area contributed by atoms with Crippen molar-refractivity contribution >= 4 is 29.4 Å². The summed E-state index contributed by atoms with van der Waals surface area (Å²) >= 11 is 0. The van der Waals surface area contributed by atoms with E-state index in [9.17, 15) is 9.59 Å². The molecule has 7 nitrogen and oxygen atoms in total. The van der Waals surface area contributed by atoms with Gasteiger partial charge in [0.2, 0.25) is 12.3 Å². The molecule has 0 bridgehead atoms. The number of rotatable bonds is 3. The van der Waals surface area contributed by atoms with Crippen LogP contribution in [-0.4, -0.2) is 37.5 Å². The van der Waals surface area contributed by atoms with Crippen LogP contribution in [0.5, 0.6) is 0 Å². The Hall–Kier alpha value is -2.44. The number of fused-ring (bicyclic) bond motifs is 1. The smallest absolute Gasteiger partial charge is 0.226 e. The summed E-state index contributed by atoms with van der Waals surface area (Å²) in [6.45, 7) is 1.84. The zero-order valence-electron chi connectivity index (χ0n) is 11.7. The van der Waals surface area contributed by atoms with E-state index in [4.69, 9.17) is 0 Å². The third-order valence-electron chi connectivity index (χ3n) is 2.94. The Bertz CT molecular complexity index is 556. The summed E-state index contributed by atoms with van der Waals surface area (Å²) in [5.74, 6) is -0.121. The zero-order chi connectivity index (χ0) is 14.7. The van der Waals surface area contributed by atoms with Crippen LogP contribution in [0.1, 0.15) is 13.3 Å². The molecule has 0 saturated heterocycles. The lowest BCUT2D eigenvalue weighted by atomic mass is 10.2. The highest BCUT2D eigenvalue weighted by Crippen LogP contribution is 2.33. The van der Waals surface area contributed by atoms with Crippen LogP contribution in [0.4, 0.5) is 17.1 Å². The summed E-state index contributed by atoms with van der Waals surface area (Å²) < 4.78 is 0. The van der Waals surface area contributed by atoms with Crippen LogP contribution < -0.4 is 10.2 Å². The topological polar surface area (TPSA) is 77.4 Å². The second kappa shape index (κ2) is 5.68. The van der Waals surface area contributed by atoms with Crippen molar-refractivity contribution in [2.45, 2.75) is 19.4 Å². The lowest BCUT2D eigenvalue weighted by molar-refractivity contribution is -0.116.